The van der Waals surface area contributed by atoms with Crippen molar-refractivity contribution < 1.29 is 4.92 Å². The van der Waals surface area contributed by atoms with Gasteiger partial charge in [-0.25, -0.2) is 4.98 Å². The number of nitrogens with zero attached hydrogens (tertiary/aromatic N) is 4. The minimum Gasteiger partial charge on any atom is -0.336 e. The first kappa shape index (κ1) is 12.3. The third-order valence-electron chi connectivity index (χ3n) is 2.26. The molecule has 0 saturated heterocycles. The van der Waals surface area contributed by atoms with Crippen LogP contribution in [0.1, 0.15) is 6.92 Å². The Kier molecular flexibility index (Phi) is 3.42. The standard InChI is InChI=1S/C10H10ClN5O2/c1-2-15-6-7(4-13-15)14-10-9(11)3-8(5-12-10)16(17)18/h3-6H,2H2,1H3,(H,12,14). The Bertz CT molecular complexity index is 583. The van der Waals surface area contributed by atoms with E-state index in [1.165, 1.54) is 6.07 Å². The molecule has 0 amide bonds. The molecule has 2 aromatic heterocycles. The zero-order chi connectivity index (χ0) is 13.1. The van der Waals surface area contributed by atoms with Gasteiger partial charge in [-0.2, -0.15) is 5.10 Å². The Morgan fingerprint density at radius 2 is 2.33 bits per heavy atom. The van der Waals surface area contributed by atoms with Crippen molar-refractivity contribution in [2.24, 2.45) is 0 Å². The number of halogens is 1. The Labute approximate surface area is 108 Å². The fraction of sp³-hybridized carbons (Fsp3) is 0.200. The van der Waals surface area contributed by atoms with Gasteiger partial charge in [-0.05, 0) is 6.92 Å². The van der Waals surface area contributed by atoms with Crippen LogP contribution in [0.2, 0.25) is 5.02 Å². The first-order valence-electron chi connectivity index (χ1n) is 5.19. The molecule has 0 atom stereocenters. The molecule has 0 aliphatic carbocycles. The molecule has 0 aromatic carbocycles. The van der Waals surface area contributed by atoms with Gasteiger partial charge in [-0.1, -0.05) is 11.6 Å². The van der Waals surface area contributed by atoms with E-state index < -0.39 is 4.92 Å². The predicted molar refractivity (Wildman–Crippen MR) is 67.1 cm³/mol. The summed E-state index contributed by atoms with van der Waals surface area (Å²) in [7, 11) is 0. The second-order valence-corrected chi connectivity index (χ2v) is 3.90. The molecule has 0 unspecified atom stereocenters. The van der Waals surface area contributed by atoms with E-state index in [0.29, 0.717) is 5.82 Å². The normalized spacial score (nSPS) is 10.3. The molecule has 0 bridgehead atoms. The van der Waals surface area contributed by atoms with Crippen LogP contribution >= 0.6 is 11.6 Å². The van der Waals surface area contributed by atoms with E-state index in [1.54, 1.807) is 17.1 Å². The zero-order valence-electron chi connectivity index (χ0n) is 9.50. The molecule has 2 heterocycles. The molecule has 8 heteroatoms. The maximum atomic E-state index is 10.5. The predicted octanol–water partition coefficient (Wildman–Crippen LogP) is 2.60. The number of aryl methyl sites for hydroxylation is 1. The molecule has 94 valence electrons. The highest BCUT2D eigenvalue weighted by molar-refractivity contribution is 6.33. The van der Waals surface area contributed by atoms with Crippen molar-refractivity contribution >= 4 is 28.8 Å². The van der Waals surface area contributed by atoms with Crippen LogP contribution in [0.25, 0.3) is 0 Å². The van der Waals surface area contributed by atoms with Gasteiger partial charge in [0.25, 0.3) is 5.69 Å². The Hall–Kier alpha value is -2.15. The van der Waals surface area contributed by atoms with E-state index in [4.69, 9.17) is 11.6 Å². The molecule has 1 N–H and O–H groups in total. The Balaban J connectivity index is 2.21. The number of pyridine rings is 1. The summed E-state index contributed by atoms with van der Waals surface area (Å²) in [6.45, 7) is 2.72. The highest BCUT2D eigenvalue weighted by atomic mass is 35.5. The number of aromatic nitrogens is 3. The average Bonchev–Trinajstić information content (AvgIpc) is 2.79. The largest absolute Gasteiger partial charge is 0.336 e. The van der Waals surface area contributed by atoms with E-state index in [9.17, 15) is 10.1 Å². The number of hydrogen-bond acceptors (Lipinski definition) is 5. The summed E-state index contributed by atoms with van der Waals surface area (Å²) in [6, 6.07) is 1.25. The van der Waals surface area contributed by atoms with Crippen molar-refractivity contribution in [3.63, 3.8) is 0 Å². The third kappa shape index (κ3) is 2.57. The lowest BCUT2D eigenvalue weighted by Gasteiger charge is -2.04. The first-order valence-corrected chi connectivity index (χ1v) is 5.57. The quantitative estimate of drug-likeness (QED) is 0.680. The molecule has 2 rings (SSSR count). The molecule has 0 radical (unpaired) electrons. The van der Waals surface area contributed by atoms with Crippen molar-refractivity contribution in [2.75, 3.05) is 5.32 Å². The van der Waals surface area contributed by atoms with Gasteiger partial charge in [-0.15, -0.1) is 0 Å². The highest BCUT2D eigenvalue weighted by Crippen LogP contribution is 2.26. The van der Waals surface area contributed by atoms with E-state index in [-0.39, 0.29) is 10.7 Å². The van der Waals surface area contributed by atoms with Crippen LogP contribution in [0.4, 0.5) is 17.2 Å². The van der Waals surface area contributed by atoms with Crippen LogP contribution in [-0.2, 0) is 6.54 Å². The van der Waals surface area contributed by atoms with E-state index in [2.05, 4.69) is 15.4 Å². The Morgan fingerprint density at radius 3 is 2.89 bits per heavy atom. The van der Waals surface area contributed by atoms with Gasteiger partial charge in [0, 0.05) is 18.8 Å². The van der Waals surface area contributed by atoms with Crippen LogP contribution < -0.4 is 5.32 Å². The summed E-state index contributed by atoms with van der Waals surface area (Å²) in [5.41, 5.74) is 0.579. The summed E-state index contributed by atoms with van der Waals surface area (Å²) >= 11 is 5.91. The molecule has 0 aliphatic heterocycles. The lowest BCUT2D eigenvalue weighted by Crippen LogP contribution is -1.96. The van der Waals surface area contributed by atoms with Crippen molar-refractivity contribution in [2.45, 2.75) is 13.5 Å². The van der Waals surface area contributed by atoms with E-state index >= 15 is 0 Å². The van der Waals surface area contributed by atoms with Crippen molar-refractivity contribution in [1.82, 2.24) is 14.8 Å². The molecule has 0 aliphatic rings. The molecule has 0 spiro atoms. The van der Waals surface area contributed by atoms with Crippen molar-refractivity contribution in [3.05, 3.63) is 39.8 Å². The van der Waals surface area contributed by atoms with Crippen molar-refractivity contribution in [1.29, 1.82) is 0 Å². The van der Waals surface area contributed by atoms with Crippen molar-refractivity contribution in [3.8, 4) is 0 Å². The Morgan fingerprint density at radius 1 is 1.56 bits per heavy atom. The number of rotatable bonds is 4. The summed E-state index contributed by atoms with van der Waals surface area (Å²) in [4.78, 5) is 13.9. The summed E-state index contributed by atoms with van der Waals surface area (Å²) in [5.74, 6) is 0.359. The minimum absolute atomic E-state index is 0.144. The zero-order valence-corrected chi connectivity index (χ0v) is 10.3. The summed E-state index contributed by atoms with van der Waals surface area (Å²) < 4.78 is 1.74. The van der Waals surface area contributed by atoms with Crippen LogP contribution in [-0.4, -0.2) is 19.7 Å². The topological polar surface area (TPSA) is 85.9 Å². The van der Waals surface area contributed by atoms with Crippen LogP contribution in [0.3, 0.4) is 0 Å². The minimum atomic E-state index is -0.544. The average molecular weight is 268 g/mol. The number of hydrogen-bond donors (Lipinski definition) is 1. The summed E-state index contributed by atoms with van der Waals surface area (Å²) in [6.07, 6.45) is 4.57. The smallest absolute Gasteiger partial charge is 0.289 e. The monoisotopic (exact) mass is 267 g/mol. The fourth-order valence-corrected chi connectivity index (χ4v) is 1.57. The van der Waals surface area contributed by atoms with Gasteiger partial charge >= 0.3 is 0 Å². The van der Waals surface area contributed by atoms with E-state index in [1.807, 2.05) is 6.92 Å². The van der Waals surface area contributed by atoms with E-state index in [0.717, 1.165) is 18.4 Å². The lowest BCUT2D eigenvalue weighted by atomic mass is 10.4. The molecule has 0 saturated carbocycles. The third-order valence-corrected chi connectivity index (χ3v) is 2.55. The number of nitrogens with one attached hydrogen (secondary N) is 1. The van der Waals surface area contributed by atoms with Gasteiger partial charge < -0.3 is 5.32 Å². The maximum Gasteiger partial charge on any atom is 0.289 e. The van der Waals surface area contributed by atoms with Crippen LogP contribution in [0, 0.1) is 10.1 Å². The summed E-state index contributed by atoms with van der Waals surface area (Å²) in [5, 5.41) is 17.8. The number of anilines is 2. The fourth-order valence-electron chi connectivity index (χ4n) is 1.36. The van der Waals surface area contributed by atoms with Gasteiger partial charge in [0.05, 0.1) is 21.8 Å². The van der Waals surface area contributed by atoms with Gasteiger partial charge in [0.2, 0.25) is 0 Å². The lowest BCUT2D eigenvalue weighted by molar-refractivity contribution is -0.385. The molecular formula is C10H10ClN5O2. The second kappa shape index (κ2) is 5.01. The van der Waals surface area contributed by atoms with Crippen LogP contribution in [0.15, 0.2) is 24.7 Å². The molecule has 0 fully saturated rings. The first-order chi connectivity index (χ1) is 8.60. The maximum absolute atomic E-state index is 10.5. The van der Waals surface area contributed by atoms with Gasteiger partial charge in [0.15, 0.2) is 0 Å². The SMILES string of the molecule is CCn1cc(Nc2ncc([N+](=O)[O-])cc2Cl)cn1. The molecule has 7 nitrogen and oxygen atoms in total. The second-order valence-electron chi connectivity index (χ2n) is 3.49. The van der Waals surface area contributed by atoms with Gasteiger partial charge in [0.1, 0.15) is 12.0 Å². The number of nitro groups is 1. The molecular weight excluding hydrogens is 258 g/mol. The molecule has 2 aromatic rings. The van der Waals surface area contributed by atoms with Gasteiger partial charge in [-0.3, -0.25) is 14.8 Å². The van der Waals surface area contributed by atoms with Crippen LogP contribution in [0.5, 0.6) is 0 Å². The highest BCUT2D eigenvalue weighted by Gasteiger charge is 2.11. The molecule has 18 heavy (non-hydrogen) atoms.